The van der Waals surface area contributed by atoms with Crippen LogP contribution in [0.1, 0.15) is 22.3 Å². The topological polar surface area (TPSA) is 59.0 Å². The lowest BCUT2D eigenvalue weighted by molar-refractivity contribution is 0.302. The number of rotatable bonds is 4. The minimum atomic E-state index is -0.384. The number of nitrogens with two attached hydrogens (primary N) is 1. The molecule has 2 aromatic carbocycles. The highest BCUT2D eigenvalue weighted by atomic mass is 19.1. The van der Waals surface area contributed by atoms with Crippen LogP contribution >= 0.6 is 0 Å². The van der Waals surface area contributed by atoms with Gasteiger partial charge in [0.2, 0.25) is 0 Å². The lowest BCUT2D eigenvalue weighted by Gasteiger charge is -2.12. The molecular formula is C16H15FN2O. The summed E-state index contributed by atoms with van der Waals surface area (Å²) in [5.41, 5.74) is 8.60. The van der Waals surface area contributed by atoms with Crippen molar-refractivity contribution in [3.05, 3.63) is 64.5 Å². The summed E-state index contributed by atoms with van der Waals surface area (Å²) in [5, 5.41) is 9.00. The van der Waals surface area contributed by atoms with E-state index in [-0.39, 0.29) is 12.4 Å². The molecule has 20 heavy (non-hydrogen) atoms. The third kappa shape index (κ3) is 3.14. The molecule has 4 heteroatoms. The van der Waals surface area contributed by atoms with Gasteiger partial charge in [0.1, 0.15) is 18.2 Å². The molecule has 0 heterocycles. The third-order valence-electron chi connectivity index (χ3n) is 3.01. The molecule has 0 aliphatic heterocycles. The van der Waals surface area contributed by atoms with Crippen LogP contribution in [-0.4, -0.2) is 0 Å². The first-order valence-electron chi connectivity index (χ1n) is 6.25. The van der Waals surface area contributed by atoms with Gasteiger partial charge in [0.15, 0.2) is 0 Å². The van der Waals surface area contributed by atoms with Crippen molar-refractivity contribution >= 4 is 0 Å². The number of halogens is 1. The lowest BCUT2D eigenvalue weighted by atomic mass is 10.1. The molecule has 2 aromatic rings. The number of ether oxygens (including phenoxy) is 1. The van der Waals surface area contributed by atoms with Crippen molar-refractivity contribution in [3.63, 3.8) is 0 Å². The first kappa shape index (κ1) is 14.0. The van der Waals surface area contributed by atoms with Gasteiger partial charge in [0.25, 0.3) is 0 Å². The molecule has 0 aromatic heterocycles. The predicted octanol–water partition coefficient (Wildman–Crippen LogP) is 3.04. The first-order valence-corrected chi connectivity index (χ1v) is 6.25. The van der Waals surface area contributed by atoms with Crippen molar-refractivity contribution in [1.82, 2.24) is 0 Å². The maximum atomic E-state index is 13.2. The van der Waals surface area contributed by atoms with Crippen LogP contribution in [0.3, 0.4) is 0 Å². The van der Waals surface area contributed by atoms with Gasteiger partial charge in [-0.25, -0.2) is 4.39 Å². The molecule has 0 spiro atoms. The van der Waals surface area contributed by atoms with Crippen LogP contribution in [0.2, 0.25) is 0 Å². The minimum Gasteiger partial charge on any atom is -0.489 e. The summed E-state index contributed by atoms with van der Waals surface area (Å²) in [6, 6.07) is 11.8. The summed E-state index contributed by atoms with van der Waals surface area (Å²) in [6.45, 7) is 2.48. The molecule has 3 nitrogen and oxygen atoms in total. The monoisotopic (exact) mass is 270 g/mol. The summed E-state index contributed by atoms with van der Waals surface area (Å²) in [5.74, 6) is 0.275. The smallest absolute Gasteiger partial charge is 0.124 e. The molecule has 0 aliphatic carbocycles. The summed E-state index contributed by atoms with van der Waals surface area (Å²) < 4.78 is 18.9. The van der Waals surface area contributed by atoms with Crippen LogP contribution in [0.5, 0.6) is 5.75 Å². The van der Waals surface area contributed by atoms with E-state index in [2.05, 4.69) is 0 Å². The van der Waals surface area contributed by atoms with Gasteiger partial charge in [-0.1, -0.05) is 17.7 Å². The van der Waals surface area contributed by atoms with Crippen molar-refractivity contribution in [2.45, 2.75) is 20.1 Å². The van der Waals surface area contributed by atoms with Crippen LogP contribution in [0.25, 0.3) is 0 Å². The fourth-order valence-corrected chi connectivity index (χ4v) is 1.95. The van der Waals surface area contributed by atoms with Gasteiger partial charge in [0.05, 0.1) is 11.6 Å². The number of nitrogens with zero attached hydrogens (tertiary/aromatic N) is 1. The zero-order chi connectivity index (χ0) is 14.5. The number of nitriles is 1. The molecule has 102 valence electrons. The van der Waals surface area contributed by atoms with E-state index >= 15 is 0 Å². The van der Waals surface area contributed by atoms with Gasteiger partial charge in [-0.05, 0) is 31.2 Å². The number of benzene rings is 2. The minimum absolute atomic E-state index is 0.136. The maximum absolute atomic E-state index is 13.2. The van der Waals surface area contributed by atoms with E-state index in [1.807, 2.05) is 31.2 Å². The van der Waals surface area contributed by atoms with Gasteiger partial charge in [-0.15, -0.1) is 0 Å². The molecule has 0 fully saturated rings. The Morgan fingerprint density at radius 1 is 1.20 bits per heavy atom. The number of hydrogen-bond donors (Lipinski definition) is 1. The van der Waals surface area contributed by atoms with E-state index in [0.29, 0.717) is 23.4 Å². The van der Waals surface area contributed by atoms with E-state index in [0.717, 1.165) is 11.1 Å². The van der Waals surface area contributed by atoms with E-state index in [4.69, 9.17) is 15.7 Å². The summed E-state index contributed by atoms with van der Waals surface area (Å²) >= 11 is 0. The second-order valence-corrected chi connectivity index (χ2v) is 4.52. The van der Waals surface area contributed by atoms with Crippen LogP contribution in [0.4, 0.5) is 4.39 Å². The molecular weight excluding hydrogens is 255 g/mol. The Morgan fingerprint density at radius 2 is 2.00 bits per heavy atom. The lowest BCUT2D eigenvalue weighted by Crippen LogP contribution is -2.04. The fourth-order valence-electron chi connectivity index (χ4n) is 1.95. The van der Waals surface area contributed by atoms with E-state index in [1.165, 1.54) is 18.2 Å². The van der Waals surface area contributed by atoms with Crippen molar-refractivity contribution in [1.29, 1.82) is 5.26 Å². The van der Waals surface area contributed by atoms with Crippen LogP contribution in [0, 0.1) is 24.1 Å². The highest BCUT2D eigenvalue weighted by Crippen LogP contribution is 2.21. The number of hydrogen-bond acceptors (Lipinski definition) is 3. The molecule has 0 saturated heterocycles. The van der Waals surface area contributed by atoms with Gasteiger partial charge in [0, 0.05) is 17.7 Å². The quantitative estimate of drug-likeness (QED) is 0.929. The largest absolute Gasteiger partial charge is 0.489 e. The SMILES string of the molecule is Cc1ccc(OCc2cc(F)ccc2C#N)c(CN)c1. The molecule has 0 bridgehead atoms. The number of aryl methyl sites for hydroxylation is 1. The van der Waals surface area contributed by atoms with Gasteiger partial charge < -0.3 is 10.5 Å². The second kappa shape index (κ2) is 6.18. The average Bonchev–Trinajstić information content (AvgIpc) is 2.46. The normalized spacial score (nSPS) is 10.1. The molecule has 0 unspecified atom stereocenters. The molecule has 0 radical (unpaired) electrons. The standard InChI is InChI=1S/C16H15FN2O/c1-11-2-5-16(13(6-11)9-19)20-10-14-7-15(17)4-3-12(14)8-18/h2-7H,9-10,19H2,1H3. The van der Waals surface area contributed by atoms with Crippen LogP contribution in [-0.2, 0) is 13.2 Å². The zero-order valence-corrected chi connectivity index (χ0v) is 11.2. The first-order chi connectivity index (χ1) is 9.63. The van der Waals surface area contributed by atoms with Crippen LogP contribution < -0.4 is 10.5 Å². The van der Waals surface area contributed by atoms with Crippen LogP contribution in [0.15, 0.2) is 36.4 Å². The molecule has 2 N–H and O–H groups in total. The Labute approximate surface area is 117 Å². The fraction of sp³-hybridized carbons (Fsp3) is 0.188. The maximum Gasteiger partial charge on any atom is 0.124 e. The van der Waals surface area contributed by atoms with Crippen molar-refractivity contribution in [3.8, 4) is 11.8 Å². The van der Waals surface area contributed by atoms with E-state index in [1.54, 1.807) is 0 Å². The summed E-state index contributed by atoms with van der Waals surface area (Å²) in [6.07, 6.45) is 0. The average molecular weight is 270 g/mol. The van der Waals surface area contributed by atoms with Crippen molar-refractivity contribution in [2.75, 3.05) is 0 Å². The second-order valence-electron chi connectivity index (χ2n) is 4.52. The molecule has 0 saturated carbocycles. The van der Waals surface area contributed by atoms with E-state index in [9.17, 15) is 4.39 Å². The Bertz CT molecular complexity index is 662. The van der Waals surface area contributed by atoms with Crippen molar-refractivity contribution < 1.29 is 9.13 Å². The Balaban J connectivity index is 2.21. The van der Waals surface area contributed by atoms with Gasteiger partial charge >= 0.3 is 0 Å². The third-order valence-corrected chi connectivity index (χ3v) is 3.01. The zero-order valence-electron chi connectivity index (χ0n) is 11.2. The van der Waals surface area contributed by atoms with Gasteiger partial charge in [-0.2, -0.15) is 5.26 Å². The summed E-state index contributed by atoms with van der Waals surface area (Å²) in [7, 11) is 0. The molecule has 0 atom stereocenters. The Morgan fingerprint density at radius 3 is 2.70 bits per heavy atom. The predicted molar refractivity (Wildman–Crippen MR) is 74.5 cm³/mol. The summed E-state index contributed by atoms with van der Waals surface area (Å²) in [4.78, 5) is 0. The molecule has 2 rings (SSSR count). The molecule has 0 amide bonds. The van der Waals surface area contributed by atoms with Crippen molar-refractivity contribution in [2.24, 2.45) is 5.73 Å². The molecule has 0 aliphatic rings. The highest BCUT2D eigenvalue weighted by Gasteiger charge is 2.07. The Hall–Kier alpha value is -2.38. The van der Waals surface area contributed by atoms with E-state index < -0.39 is 0 Å². The highest BCUT2D eigenvalue weighted by molar-refractivity contribution is 5.39. The Kier molecular flexibility index (Phi) is 4.34. The van der Waals surface area contributed by atoms with Gasteiger partial charge in [-0.3, -0.25) is 0 Å².